The maximum absolute atomic E-state index is 4.66. The molecule has 1 heterocycles. The first kappa shape index (κ1) is 14.8. The molecule has 0 amide bonds. The average Bonchev–Trinajstić information content (AvgIpc) is 2.23. The SMILES string of the molecule is CN(C)CCCN=C1NC(C(C)(C)C)CCS1. The van der Waals surface area contributed by atoms with Gasteiger partial charge in [-0.25, -0.2) is 0 Å². The largest absolute Gasteiger partial charge is 0.362 e. The molecular formula is C13H27N3S. The Kier molecular flexibility index (Phi) is 5.80. The predicted octanol–water partition coefficient (Wildman–Crippen LogP) is 2.44. The smallest absolute Gasteiger partial charge is 0.156 e. The lowest BCUT2D eigenvalue weighted by Crippen LogP contribution is -2.46. The topological polar surface area (TPSA) is 27.6 Å². The van der Waals surface area contributed by atoms with Crippen molar-refractivity contribution >= 4 is 16.9 Å². The number of rotatable bonds is 4. The summed E-state index contributed by atoms with van der Waals surface area (Å²) in [5, 5.41) is 4.73. The Morgan fingerprint density at radius 2 is 2.12 bits per heavy atom. The van der Waals surface area contributed by atoms with E-state index in [-0.39, 0.29) is 0 Å². The molecule has 0 bridgehead atoms. The van der Waals surface area contributed by atoms with Gasteiger partial charge >= 0.3 is 0 Å². The van der Waals surface area contributed by atoms with Gasteiger partial charge in [-0.1, -0.05) is 32.5 Å². The van der Waals surface area contributed by atoms with Crippen LogP contribution in [0.5, 0.6) is 0 Å². The number of aliphatic imine (C=N–C) groups is 1. The van der Waals surface area contributed by atoms with E-state index < -0.39 is 0 Å². The summed E-state index contributed by atoms with van der Waals surface area (Å²) in [7, 11) is 4.22. The lowest BCUT2D eigenvalue weighted by molar-refractivity contribution is 0.290. The highest BCUT2D eigenvalue weighted by Gasteiger charge is 2.28. The molecule has 100 valence electrons. The van der Waals surface area contributed by atoms with E-state index in [1.54, 1.807) is 0 Å². The Bertz CT molecular complexity index is 256. The van der Waals surface area contributed by atoms with Crippen molar-refractivity contribution in [2.45, 2.75) is 39.7 Å². The normalized spacial score (nSPS) is 24.1. The van der Waals surface area contributed by atoms with Crippen LogP contribution in [0.25, 0.3) is 0 Å². The van der Waals surface area contributed by atoms with E-state index >= 15 is 0 Å². The molecule has 0 aliphatic carbocycles. The van der Waals surface area contributed by atoms with Crippen LogP contribution in [0.2, 0.25) is 0 Å². The highest BCUT2D eigenvalue weighted by molar-refractivity contribution is 8.13. The third-order valence-corrected chi connectivity index (χ3v) is 3.97. The number of nitrogens with zero attached hydrogens (tertiary/aromatic N) is 2. The van der Waals surface area contributed by atoms with Crippen molar-refractivity contribution in [2.24, 2.45) is 10.4 Å². The van der Waals surface area contributed by atoms with Crippen molar-refractivity contribution in [3.05, 3.63) is 0 Å². The molecule has 1 atom stereocenters. The fourth-order valence-corrected chi connectivity index (χ4v) is 2.80. The van der Waals surface area contributed by atoms with Gasteiger partial charge in [-0.2, -0.15) is 0 Å². The van der Waals surface area contributed by atoms with Gasteiger partial charge in [0.1, 0.15) is 0 Å². The van der Waals surface area contributed by atoms with E-state index in [1.807, 2.05) is 11.8 Å². The van der Waals surface area contributed by atoms with Crippen molar-refractivity contribution in [3.8, 4) is 0 Å². The fraction of sp³-hybridized carbons (Fsp3) is 0.923. The van der Waals surface area contributed by atoms with Crippen LogP contribution in [0.1, 0.15) is 33.6 Å². The van der Waals surface area contributed by atoms with E-state index in [0.29, 0.717) is 11.5 Å². The summed E-state index contributed by atoms with van der Waals surface area (Å²) in [6.45, 7) is 8.94. The lowest BCUT2D eigenvalue weighted by Gasteiger charge is -2.35. The zero-order chi connectivity index (χ0) is 12.9. The summed E-state index contributed by atoms with van der Waals surface area (Å²) in [6, 6.07) is 0.566. The third-order valence-electron chi connectivity index (χ3n) is 3.01. The highest BCUT2D eigenvalue weighted by atomic mass is 32.2. The third kappa shape index (κ3) is 5.77. The van der Waals surface area contributed by atoms with Crippen LogP contribution in [-0.2, 0) is 0 Å². The fourth-order valence-electron chi connectivity index (χ4n) is 1.84. The minimum absolute atomic E-state index is 0.325. The van der Waals surface area contributed by atoms with E-state index in [1.165, 1.54) is 12.2 Å². The van der Waals surface area contributed by atoms with Gasteiger partial charge in [-0.15, -0.1) is 0 Å². The number of hydrogen-bond donors (Lipinski definition) is 1. The van der Waals surface area contributed by atoms with Crippen LogP contribution in [0, 0.1) is 5.41 Å². The monoisotopic (exact) mass is 257 g/mol. The Morgan fingerprint density at radius 1 is 1.41 bits per heavy atom. The van der Waals surface area contributed by atoms with Gasteiger partial charge < -0.3 is 10.2 Å². The molecule has 1 N–H and O–H groups in total. The minimum atomic E-state index is 0.325. The first-order chi connectivity index (χ1) is 7.89. The van der Waals surface area contributed by atoms with Crippen LogP contribution in [-0.4, -0.2) is 49.0 Å². The Morgan fingerprint density at radius 3 is 2.71 bits per heavy atom. The van der Waals surface area contributed by atoms with Crippen LogP contribution in [0.4, 0.5) is 0 Å². The molecule has 3 nitrogen and oxygen atoms in total. The molecule has 1 fully saturated rings. The van der Waals surface area contributed by atoms with E-state index in [9.17, 15) is 0 Å². The lowest BCUT2D eigenvalue weighted by atomic mass is 9.85. The number of nitrogens with one attached hydrogen (secondary N) is 1. The maximum Gasteiger partial charge on any atom is 0.156 e. The molecule has 0 spiro atoms. The number of hydrogen-bond acceptors (Lipinski definition) is 3. The molecule has 0 radical (unpaired) electrons. The molecule has 0 aromatic heterocycles. The minimum Gasteiger partial charge on any atom is -0.362 e. The van der Waals surface area contributed by atoms with E-state index in [4.69, 9.17) is 0 Å². The van der Waals surface area contributed by atoms with Crippen LogP contribution < -0.4 is 5.32 Å². The van der Waals surface area contributed by atoms with Crippen molar-refractivity contribution in [1.82, 2.24) is 10.2 Å². The molecule has 0 aromatic carbocycles. The van der Waals surface area contributed by atoms with Crippen LogP contribution in [0.3, 0.4) is 0 Å². The molecule has 1 aliphatic rings. The number of amidine groups is 1. The van der Waals surface area contributed by atoms with E-state index in [2.05, 4.69) is 50.1 Å². The van der Waals surface area contributed by atoms with Gasteiger partial charge in [0.05, 0.1) is 0 Å². The van der Waals surface area contributed by atoms with Crippen LogP contribution in [0.15, 0.2) is 4.99 Å². The second kappa shape index (κ2) is 6.64. The molecule has 0 aromatic rings. The number of thioether (sulfide) groups is 1. The summed E-state index contributed by atoms with van der Waals surface area (Å²) >= 11 is 1.87. The standard InChI is InChI=1S/C13H27N3S/c1-13(2,3)11-7-10-17-12(15-11)14-8-6-9-16(4)5/h11H,6-10H2,1-5H3,(H,14,15). The summed E-state index contributed by atoms with van der Waals surface area (Å²) in [4.78, 5) is 6.87. The predicted molar refractivity (Wildman–Crippen MR) is 78.9 cm³/mol. The molecule has 1 saturated heterocycles. The molecule has 1 unspecified atom stereocenters. The zero-order valence-corrected chi connectivity index (χ0v) is 12.7. The Hall–Kier alpha value is -0.220. The van der Waals surface area contributed by atoms with Gasteiger partial charge in [0.15, 0.2) is 5.17 Å². The summed E-state index contributed by atoms with van der Waals surface area (Å²) in [6.07, 6.45) is 2.38. The first-order valence-electron chi connectivity index (χ1n) is 6.48. The van der Waals surface area contributed by atoms with E-state index in [0.717, 1.165) is 24.7 Å². The van der Waals surface area contributed by atoms with Gasteiger partial charge in [0, 0.05) is 18.3 Å². The molecule has 1 aliphatic heterocycles. The van der Waals surface area contributed by atoms with Crippen molar-refractivity contribution in [1.29, 1.82) is 0 Å². The zero-order valence-electron chi connectivity index (χ0n) is 11.9. The quantitative estimate of drug-likeness (QED) is 0.784. The Labute approximate surface area is 110 Å². The van der Waals surface area contributed by atoms with Gasteiger partial charge in [0.2, 0.25) is 0 Å². The first-order valence-corrected chi connectivity index (χ1v) is 7.46. The molecule has 17 heavy (non-hydrogen) atoms. The summed E-state index contributed by atoms with van der Waals surface area (Å²) < 4.78 is 0. The van der Waals surface area contributed by atoms with Crippen molar-refractivity contribution < 1.29 is 0 Å². The van der Waals surface area contributed by atoms with Gasteiger partial charge in [-0.05, 0) is 38.9 Å². The average molecular weight is 257 g/mol. The molecule has 1 rings (SSSR count). The second-order valence-corrected chi connectivity index (χ2v) is 7.13. The molecular weight excluding hydrogens is 230 g/mol. The van der Waals surface area contributed by atoms with Crippen molar-refractivity contribution in [2.75, 3.05) is 32.9 Å². The summed E-state index contributed by atoms with van der Waals surface area (Å²) in [5.74, 6) is 1.20. The van der Waals surface area contributed by atoms with Crippen molar-refractivity contribution in [3.63, 3.8) is 0 Å². The molecule has 0 saturated carbocycles. The van der Waals surface area contributed by atoms with Crippen LogP contribution >= 0.6 is 11.8 Å². The van der Waals surface area contributed by atoms with Gasteiger partial charge in [-0.3, -0.25) is 4.99 Å². The molecule has 4 heteroatoms. The second-order valence-electron chi connectivity index (χ2n) is 6.04. The highest BCUT2D eigenvalue weighted by Crippen LogP contribution is 2.27. The Balaban J connectivity index is 2.36. The van der Waals surface area contributed by atoms with Gasteiger partial charge in [0.25, 0.3) is 0 Å². The summed E-state index contributed by atoms with van der Waals surface area (Å²) in [5.41, 5.74) is 0.325. The maximum atomic E-state index is 4.66.